The number of hydrogen-bond donors (Lipinski definition) is 1. The minimum atomic E-state index is -1.14. The van der Waals surface area contributed by atoms with Crippen LogP contribution in [0.5, 0.6) is 5.75 Å². The van der Waals surface area contributed by atoms with Gasteiger partial charge in [0.1, 0.15) is 17.1 Å². The van der Waals surface area contributed by atoms with Crippen molar-refractivity contribution in [3.63, 3.8) is 0 Å². The van der Waals surface area contributed by atoms with Crippen LogP contribution in [0.15, 0.2) is 24.3 Å². The number of methoxy groups -OCH3 is 1. The highest BCUT2D eigenvalue weighted by Gasteiger charge is 2.15. The zero-order valence-corrected chi connectivity index (χ0v) is 12.4. The molecule has 2 rings (SSSR count). The highest BCUT2D eigenvalue weighted by atomic mass is 35.5. The molecule has 4 nitrogen and oxygen atoms in total. The number of carboxylic acids is 1. The van der Waals surface area contributed by atoms with E-state index in [1.54, 1.807) is 12.1 Å². The molecule has 0 unspecified atom stereocenters. The molecule has 1 N–H and O–H groups in total. The van der Waals surface area contributed by atoms with Crippen LogP contribution >= 0.6 is 34.8 Å². The summed E-state index contributed by atoms with van der Waals surface area (Å²) in [5.41, 5.74) is 0.736. The lowest BCUT2D eigenvalue weighted by molar-refractivity contribution is 0.0690. The fourth-order valence-corrected chi connectivity index (χ4v) is 2.23. The van der Waals surface area contributed by atoms with Gasteiger partial charge in [0.2, 0.25) is 0 Å². The molecule has 0 saturated heterocycles. The van der Waals surface area contributed by atoms with Crippen LogP contribution in [-0.2, 0) is 0 Å². The fourth-order valence-electron chi connectivity index (χ4n) is 1.63. The minimum absolute atomic E-state index is 0.108. The highest BCUT2D eigenvalue weighted by molar-refractivity contribution is 6.48. The van der Waals surface area contributed by atoms with Crippen LogP contribution in [0.2, 0.25) is 15.1 Å². The predicted molar refractivity (Wildman–Crippen MR) is 78.2 cm³/mol. The van der Waals surface area contributed by atoms with E-state index in [4.69, 9.17) is 44.6 Å². The molecule has 0 bridgehead atoms. The van der Waals surface area contributed by atoms with Crippen molar-refractivity contribution in [2.75, 3.05) is 7.11 Å². The van der Waals surface area contributed by atoms with Crippen molar-refractivity contribution in [1.82, 2.24) is 4.98 Å². The lowest BCUT2D eigenvalue weighted by atomic mass is 10.1. The summed E-state index contributed by atoms with van der Waals surface area (Å²) in [6, 6.07) is 5.96. The second-order valence-electron chi connectivity index (χ2n) is 3.81. The number of nitrogens with zero attached hydrogens (tertiary/aromatic N) is 1. The van der Waals surface area contributed by atoms with E-state index in [1.165, 1.54) is 19.2 Å². The Balaban J connectivity index is 2.67. The predicted octanol–water partition coefficient (Wildman–Crippen LogP) is 4.42. The van der Waals surface area contributed by atoms with Crippen LogP contribution in [0.25, 0.3) is 11.3 Å². The van der Waals surface area contributed by atoms with E-state index in [9.17, 15) is 4.79 Å². The van der Waals surface area contributed by atoms with Crippen LogP contribution in [0.4, 0.5) is 0 Å². The first-order chi connectivity index (χ1) is 9.43. The molecule has 1 aromatic carbocycles. The summed E-state index contributed by atoms with van der Waals surface area (Å²) in [7, 11) is 1.46. The average molecular weight is 333 g/mol. The summed E-state index contributed by atoms with van der Waals surface area (Å²) in [6.45, 7) is 0. The van der Waals surface area contributed by atoms with Gasteiger partial charge in [0, 0.05) is 5.56 Å². The van der Waals surface area contributed by atoms with Gasteiger partial charge < -0.3 is 9.84 Å². The Morgan fingerprint density at radius 2 is 1.80 bits per heavy atom. The van der Waals surface area contributed by atoms with Crippen molar-refractivity contribution in [2.45, 2.75) is 0 Å². The van der Waals surface area contributed by atoms with Crippen molar-refractivity contribution in [3.8, 4) is 17.0 Å². The van der Waals surface area contributed by atoms with Gasteiger partial charge in [-0.25, -0.2) is 9.78 Å². The largest absolute Gasteiger partial charge is 0.494 e. The molecule has 0 atom stereocenters. The number of carboxylic acid groups (broad SMARTS) is 1. The Morgan fingerprint density at radius 1 is 1.20 bits per heavy atom. The second-order valence-corrected chi connectivity index (χ2v) is 5.00. The number of halogens is 3. The van der Waals surface area contributed by atoms with E-state index in [0.717, 1.165) is 0 Å². The zero-order valence-electron chi connectivity index (χ0n) is 10.2. The maximum absolute atomic E-state index is 11.0. The van der Waals surface area contributed by atoms with Crippen LogP contribution < -0.4 is 4.74 Å². The molecule has 0 amide bonds. The summed E-state index contributed by atoms with van der Waals surface area (Å²) in [4.78, 5) is 15.0. The van der Waals surface area contributed by atoms with Gasteiger partial charge in [0.05, 0.1) is 22.2 Å². The number of carbonyl (C=O) groups is 1. The molecule has 1 heterocycles. The monoisotopic (exact) mass is 331 g/mol. The number of benzene rings is 1. The number of pyridine rings is 1. The Kier molecular flexibility index (Phi) is 4.38. The van der Waals surface area contributed by atoms with Crippen molar-refractivity contribution in [1.29, 1.82) is 0 Å². The van der Waals surface area contributed by atoms with Gasteiger partial charge in [-0.3, -0.25) is 0 Å². The molecule has 104 valence electrons. The molecule has 7 heteroatoms. The Morgan fingerprint density at radius 3 is 2.30 bits per heavy atom. The quantitative estimate of drug-likeness (QED) is 0.845. The summed E-state index contributed by atoms with van der Waals surface area (Å²) >= 11 is 17.8. The SMILES string of the molecule is COc1ccc(C(=O)O)nc1-c1cc(Cl)c(Cl)c(Cl)c1. The topological polar surface area (TPSA) is 59.4 Å². The zero-order chi connectivity index (χ0) is 14.9. The van der Waals surface area contributed by atoms with E-state index < -0.39 is 5.97 Å². The molecular weight excluding hydrogens is 325 g/mol. The summed E-state index contributed by atoms with van der Waals surface area (Å²) in [5.74, 6) is -0.732. The standard InChI is InChI=1S/C13H8Cl3NO3/c1-20-10-3-2-9(13(18)19)17-12(10)6-4-7(14)11(16)8(15)5-6/h2-5H,1H3,(H,18,19). The van der Waals surface area contributed by atoms with E-state index in [0.29, 0.717) is 17.0 Å². The molecular formula is C13H8Cl3NO3. The fraction of sp³-hybridized carbons (Fsp3) is 0.0769. The molecule has 0 aliphatic carbocycles. The maximum Gasteiger partial charge on any atom is 0.354 e. The molecule has 0 spiro atoms. The van der Waals surface area contributed by atoms with E-state index in [2.05, 4.69) is 4.98 Å². The lowest BCUT2D eigenvalue weighted by Crippen LogP contribution is -2.02. The van der Waals surface area contributed by atoms with Crippen LogP contribution in [0.3, 0.4) is 0 Å². The third-order valence-corrected chi connectivity index (χ3v) is 3.75. The maximum atomic E-state index is 11.0. The van der Waals surface area contributed by atoms with Gasteiger partial charge in [-0.1, -0.05) is 34.8 Å². The van der Waals surface area contributed by atoms with Crippen molar-refractivity contribution in [2.24, 2.45) is 0 Å². The normalized spacial score (nSPS) is 10.4. The van der Waals surface area contributed by atoms with Gasteiger partial charge in [-0.05, 0) is 24.3 Å². The lowest BCUT2D eigenvalue weighted by Gasteiger charge is -2.10. The van der Waals surface area contributed by atoms with Crippen molar-refractivity contribution < 1.29 is 14.6 Å². The molecule has 2 aromatic rings. The van der Waals surface area contributed by atoms with Crippen molar-refractivity contribution >= 4 is 40.8 Å². The van der Waals surface area contributed by atoms with Crippen LogP contribution in [0.1, 0.15) is 10.5 Å². The molecule has 0 radical (unpaired) electrons. The van der Waals surface area contributed by atoms with Gasteiger partial charge in [-0.2, -0.15) is 0 Å². The second kappa shape index (κ2) is 5.87. The summed E-state index contributed by atoms with van der Waals surface area (Å²) in [5, 5.41) is 9.72. The molecule has 0 aliphatic rings. The number of hydrogen-bond acceptors (Lipinski definition) is 3. The molecule has 0 fully saturated rings. The number of rotatable bonds is 3. The smallest absolute Gasteiger partial charge is 0.354 e. The third kappa shape index (κ3) is 2.82. The summed E-state index contributed by atoms with van der Waals surface area (Å²) in [6.07, 6.45) is 0. The summed E-state index contributed by atoms with van der Waals surface area (Å²) < 4.78 is 5.17. The van der Waals surface area contributed by atoms with E-state index >= 15 is 0 Å². The minimum Gasteiger partial charge on any atom is -0.494 e. The number of aromatic carboxylic acids is 1. The Bertz CT molecular complexity index is 666. The third-order valence-electron chi connectivity index (χ3n) is 2.55. The van der Waals surface area contributed by atoms with E-state index in [-0.39, 0.29) is 20.8 Å². The number of aromatic nitrogens is 1. The van der Waals surface area contributed by atoms with Gasteiger partial charge >= 0.3 is 5.97 Å². The van der Waals surface area contributed by atoms with Crippen LogP contribution in [-0.4, -0.2) is 23.2 Å². The Labute approximate surface area is 129 Å². The first-order valence-electron chi connectivity index (χ1n) is 5.37. The molecule has 20 heavy (non-hydrogen) atoms. The molecule has 0 aliphatic heterocycles. The average Bonchev–Trinajstić information content (AvgIpc) is 2.43. The molecule has 0 saturated carbocycles. The van der Waals surface area contributed by atoms with Gasteiger partial charge in [0.25, 0.3) is 0 Å². The van der Waals surface area contributed by atoms with Gasteiger partial charge in [0.15, 0.2) is 0 Å². The number of ether oxygens (including phenoxy) is 1. The Hall–Kier alpha value is -1.49. The first-order valence-corrected chi connectivity index (χ1v) is 6.50. The van der Waals surface area contributed by atoms with Crippen LogP contribution in [0, 0.1) is 0 Å². The highest BCUT2D eigenvalue weighted by Crippen LogP contribution is 2.37. The van der Waals surface area contributed by atoms with Crippen molar-refractivity contribution in [3.05, 3.63) is 45.0 Å². The van der Waals surface area contributed by atoms with Gasteiger partial charge in [-0.15, -0.1) is 0 Å². The molecule has 1 aromatic heterocycles. The first kappa shape index (κ1) is 14.9. The van der Waals surface area contributed by atoms with E-state index in [1.807, 2.05) is 0 Å².